The maximum absolute atomic E-state index is 6.61. The molecule has 1 aromatic carbocycles. The van der Waals surface area contributed by atoms with Gasteiger partial charge in [-0.1, -0.05) is 61.0 Å². The molecule has 0 atom stereocenters. The fourth-order valence-corrected chi connectivity index (χ4v) is 5.73. The third-order valence-corrected chi connectivity index (χ3v) is 17.5. The van der Waals surface area contributed by atoms with E-state index < -0.39 is 16.6 Å². The number of aryl methyl sites for hydroxylation is 1. The molecule has 0 aliphatic heterocycles. The maximum atomic E-state index is 6.61. The Kier molecular flexibility index (Phi) is 9.84. The first-order chi connectivity index (χ1) is 15.6. The molecule has 1 aromatic heterocycles. The summed E-state index contributed by atoms with van der Waals surface area (Å²) in [7, 11) is -3.70. The molecule has 2 rings (SSSR count). The normalized spacial score (nSPS) is 13.4. The van der Waals surface area contributed by atoms with Crippen molar-refractivity contribution in [2.75, 3.05) is 0 Å². The van der Waals surface area contributed by atoms with E-state index in [4.69, 9.17) is 13.6 Å². The third kappa shape index (κ3) is 8.05. The molecule has 6 heteroatoms. The van der Waals surface area contributed by atoms with Crippen LogP contribution in [0.25, 0.3) is 0 Å². The minimum Gasteiger partial charge on any atom is -0.488 e. The van der Waals surface area contributed by atoms with Crippen LogP contribution in [0.1, 0.15) is 76.5 Å². The fourth-order valence-electron chi connectivity index (χ4n) is 2.99. The van der Waals surface area contributed by atoms with Crippen LogP contribution in [0.15, 0.2) is 29.6 Å². The molecule has 0 saturated carbocycles. The van der Waals surface area contributed by atoms with E-state index in [1.165, 1.54) is 28.0 Å². The minimum atomic E-state index is -1.87. The van der Waals surface area contributed by atoms with Gasteiger partial charge in [-0.25, -0.2) is 0 Å². The number of thiophene rings is 1. The first-order valence-corrected chi connectivity index (χ1v) is 19.3. The van der Waals surface area contributed by atoms with Gasteiger partial charge in [0.15, 0.2) is 16.6 Å². The lowest BCUT2D eigenvalue weighted by Gasteiger charge is -2.37. The fraction of sp³-hybridized carbons (Fsp3) is 0.643. The topological polar surface area (TPSA) is 27.7 Å². The summed E-state index contributed by atoms with van der Waals surface area (Å²) in [6.07, 6.45) is 2.31. The summed E-state index contributed by atoms with van der Waals surface area (Å²) in [6.45, 7) is 27.0. The molecule has 2 aromatic rings. The van der Waals surface area contributed by atoms with Crippen molar-refractivity contribution in [1.82, 2.24) is 0 Å². The van der Waals surface area contributed by atoms with Crippen molar-refractivity contribution in [3.8, 4) is 5.75 Å². The number of rotatable bonds is 11. The van der Waals surface area contributed by atoms with Crippen molar-refractivity contribution in [2.24, 2.45) is 0 Å². The standard InChI is InChI=1S/C28H48O3SSi2/c1-12-13-22-16-26(32-21-22)20-29-25-15-14-23(18-30-33(8,9)27(2,3)4)24(17-25)19-31-34(10,11)28(5,6)7/h14-17,21H,12-13,18-20H2,1-11H3. The Hall–Kier alpha value is -0.926. The van der Waals surface area contributed by atoms with Crippen LogP contribution in [0, 0.1) is 0 Å². The predicted octanol–water partition coefficient (Wildman–Crippen LogP) is 9.32. The molecule has 0 unspecified atom stereocenters. The second-order valence-electron chi connectivity index (χ2n) is 12.5. The molecule has 0 aliphatic carbocycles. The number of hydrogen-bond acceptors (Lipinski definition) is 4. The molecule has 0 saturated heterocycles. The highest BCUT2D eigenvalue weighted by molar-refractivity contribution is 7.10. The lowest BCUT2D eigenvalue weighted by molar-refractivity contribution is 0.255. The van der Waals surface area contributed by atoms with Crippen LogP contribution >= 0.6 is 11.3 Å². The molecular weight excluding hydrogens is 473 g/mol. The van der Waals surface area contributed by atoms with Gasteiger partial charge in [0.1, 0.15) is 12.4 Å². The summed E-state index contributed by atoms with van der Waals surface area (Å²) in [5, 5.41) is 2.61. The Morgan fingerprint density at radius 2 is 1.32 bits per heavy atom. The quantitative estimate of drug-likeness (QED) is 0.276. The first-order valence-electron chi connectivity index (χ1n) is 12.6. The van der Waals surface area contributed by atoms with Gasteiger partial charge in [0.25, 0.3) is 0 Å². The number of benzene rings is 1. The summed E-state index contributed by atoms with van der Waals surface area (Å²) in [5.41, 5.74) is 3.80. The van der Waals surface area contributed by atoms with Gasteiger partial charge in [-0.05, 0) is 83.0 Å². The van der Waals surface area contributed by atoms with Crippen LogP contribution in [0.3, 0.4) is 0 Å². The number of hydrogen-bond donors (Lipinski definition) is 0. The van der Waals surface area contributed by atoms with Gasteiger partial charge >= 0.3 is 0 Å². The van der Waals surface area contributed by atoms with Crippen LogP contribution in [0.2, 0.25) is 36.3 Å². The van der Waals surface area contributed by atoms with E-state index >= 15 is 0 Å². The summed E-state index contributed by atoms with van der Waals surface area (Å²) in [5.74, 6) is 0.898. The van der Waals surface area contributed by atoms with Crippen molar-refractivity contribution in [3.63, 3.8) is 0 Å². The molecule has 0 spiro atoms. The van der Waals surface area contributed by atoms with E-state index in [1.807, 2.05) is 0 Å². The zero-order valence-corrected chi connectivity index (χ0v) is 26.4. The van der Waals surface area contributed by atoms with Gasteiger partial charge in [-0.2, -0.15) is 0 Å². The Morgan fingerprint density at radius 3 is 1.85 bits per heavy atom. The Morgan fingerprint density at radius 1 is 0.765 bits per heavy atom. The average molecular weight is 521 g/mol. The summed E-state index contributed by atoms with van der Waals surface area (Å²) in [6, 6.07) is 8.69. The van der Waals surface area contributed by atoms with E-state index in [-0.39, 0.29) is 10.1 Å². The zero-order valence-electron chi connectivity index (χ0n) is 23.6. The smallest absolute Gasteiger partial charge is 0.192 e. The summed E-state index contributed by atoms with van der Waals surface area (Å²) >= 11 is 1.79. The molecule has 34 heavy (non-hydrogen) atoms. The van der Waals surface area contributed by atoms with Gasteiger partial charge < -0.3 is 13.6 Å². The van der Waals surface area contributed by atoms with Crippen molar-refractivity contribution in [1.29, 1.82) is 0 Å². The maximum Gasteiger partial charge on any atom is 0.192 e. The van der Waals surface area contributed by atoms with E-state index in [1.54, 1.807) is 11.3 Å². The summed E-state index contributed by atoms with van der Waals surface area (Å²) in [4.78, 5) is 1.27. The highest BCUT2D eigenvalue weighted by Gasteiger charge is 2.38. The molecule has 0 aliphatic rings. The first kappa shape index (κ1) is 29.3. The van der Waals surface area contributed by atoms with Crippen molar-refractivity contribution in [2.45, 2.75) is 117 Å². The average Bonchev–Trinajstić information content (AvgIpc) is 3.16. The Bertz CT molecular complexity index is 920. The number of ether oxygens (including phenoxy) is 1. The predicted molar refractivity (Wildman–Crippen MR) is 153 cm³/mol. The van der Waals surface area contributed by atoms with Crippen molar-refractivity contribution < 1.29 is 13.6 Å². The highest BCUT2D eigenvalue weighted by atomic mass is 32.1. The van der Waals surface area contributed by atoms with E-state index in [0.29, 0.717) is 19.8 Å². The van der Waals surface area contributed by atoms with Crippen LogP contribution in [0.4, 0.5) is 0 Å². The molecule has 0 N–H and O–H groups in total. The van der Waals surface area contributed by atoms with E-state index in [0.717, 1.165) is 12.2 Å². The van der Waals surface area contributed by atoms with E-state index in [2.05, 4.69) is 104 Å². The van der Waals surface area contributed by atoms with Gasteiger partial charge in [0.2, 0.25) is 0 Å². The Balaban J connectivity index is 2.21. The van der Waals surface area contributed by atoms with E-state index in [9.17, 15) is 0 Å². The lowest BCUT2D eigenvalue weighted by atomic mass is 10.1. The van der Waals surface area contributed by atoms with Gasteiger partial charge in [-0.15, -0.1) is 11.3 Å². The van der Waals surface area contributed by atoms with Crippen molar-refractivity contribution in [3.05, 3.63) is 51.2 Å². The Labute approximate surface area is 215 Å². The molecule has 0 bridgehead atoms. The van der Waals surface area contributed by atoms with Crippen LogP contribution in [-0.4, -0.2) is 16.6 Å². The van der Waals surface area contributed by atoms with Gasteiger partial charge in [0, 0.05) is 4.88 Å². The molecule has 0 amide bonds. The van der Waals surface area contributed by atoms with Crippen molar-refractivity contribution >= 4 is 28.0 Å². The van der Waals surface area contributed by atoms with Crippen LogP contribution in [0.5, 0.6) is 5.75 Å². The largest absolute Gasteiger partial charge is 0.488 e. The molecule has 1 heterocycles. The summed E-state index contributed by atoms with van der Waals surface area (Å²) < 4.78 is 19.4. The molecule has 192 valence electrons. The zero-order chi connectivity index (χ0) is 25.8. The monoisotopic (exact) mass is 520 g/mol. The molecule has 3 nitrogen and oxygen atoms in total. The third-order valence-electron chi connectivity index (χ3n) is 7.59. The second kappa shape index (κ2) is 11.4. The van der Waals surface area contributed by atoms with Gasteiger partial charge in [-0.3, -0.25) is 0 Å². The highest BCUT2D eigenvalue weighted by Crippen LogP contribution is 2.39. The van der Waals surface area contributed by atoms with Crippen LogP contribution in [-0.2, 0) is 35.1 Å². The molecule has 0 radical (unpaired) electrons. The minimum absolute atomic E-state index is 0.175. The lowest BCUT2D eigenvalue weighted by Crippen LogP contribution is -2.41. The molecule has 0 fully saturated rings. The second-order valence-corrected chi connectivity index (χ2v) is 23.1. The van der Waals surface area contributed by atoms with Crippen LogP contribution < -0.4 is 4.74 Å². The van der Waals surface area contributed by atoms with Gasteiger partial charge in [0.05, 0.1) is 13.2 Å². The molecular formula is C28H48O3SSi2. The SMILES string of the molecule is CCCc1csc(COc2ccc(CO[Si](C)(C)C(C)(C)C)c(CO[Si](C)(C)C(C)(C)C)c2)c1.